The summed E-state index contributed by atoms with van der Waals surface area (Å²) in [6, 6.07) is 0. The van der Waals surface area contributed by atoms with Gasteiger partial charge < -0.3 is 9.47 Å². The topological polar surface area (TPSA) is 21.1 Å². The van der Waals surface area contributed by atoms with Crippen LogP contribution in [0.3, 0.4) is 0 Å². The molecule has 3 nitrogen and oxygen atoms in total. The van der Waals surface area contributed by atoms with Crippen molar-refractivity contribution in [2.75, 3.05) is 6.54 Å². The Morgan fingerprint density at radius 1 is 1.59 bits per heavy atom. The van der Waals surface area contributed by atoms with Crippen molar-refractivity contribution in [2.45, 2.75) is 32.6 Å². The third kappa shape index (κ3) is 4.47. The number of hydrogen-bond donors (Lipinski definition) is 0. The molecular formula is C14H23N3. The van der Waals surface area contributed by atoms with Gasteiger partial charge in [-0.1, -0.05) is 26.5 Å². The summed E-state index contributed by atoms with van der Waals surface area (Å²) in [6.07, 6.45) is 10.1. The first kappa shape index (κ1) is 13.6. The fraction of sp³-hybridized carbons (Fsp3) is 0.500. The highest BCUT2D eigenvalue weighted by atomic mass is 15.1. The van der Waals surface area contributed by atoms with Crippen LogP contribution in [-0.4, -0.2) is 21.0 Å². The molecular weight excluding hydrogens is 210 g/mol. The number of hydrogen-bond acceptors (Lipinski definition) is 2. The van der Waals surface area contributed by atoms with Gasteiger partial charge in [0.2, 0.25) is 0 Å². The predicted molar refractivity (Wildman–Crippen MR) is 72.5 cm³/mol. The van der Waals surface area contributed by atoms with Gasteiger partial charge in [-0.25, -0.2) is 4.98 Å². The molecule has 94 valence electrons. The monoisotopic (exact) mass is 233 g/mol. The van der Waals surface area contributed by atoms with Crippen LogP contribution in [0.15, 0.2) is 37.6 Å². The number of aromatic nitrogens is 2. The van der Waals surface area contributed by atoms with Crippen molar-refractivity contribution in [3.8, 4) is 0 Å². The van der Waals surface area contributed by atoms with E-state index in [-0.39, 0.29) is 0 Å². The first-order valence-electron chi connectivity index (χ1n) is 6.21. The normalized spacial score (nSPS) is 10.2. The smallest absolute Gasteiger partial charge is 0.0946 e. The van der Waals surface area contributed by atoms with E-state index in [1.165, 1.54) is 12.8 Å². The Balaban J connectivity index is 2.41. The standard InChI is InChI=1S/C14H23N3/c1-5-7-8-13(3)17(6-2)10-9-14-11-16(4)12-15-14/h6,11-12H,2-3,5,7-10H2,1,4H3. The second-order valence-corrected chi connectivity index (χ2v) is 4.33. The maximum absolute atomic E-state index is 4.32. The molecule has 0 amide bonds. The van der Waals surface area contributed by atoms with E-state index < -0.39 is 0 Å². The molecule has 0 aliphatic rings. The summed E-state index contributed by atoms with van der Waals surface area (Å²) in [5, 5.41) is 0. The number of nitrogens with zero attached hydrogens (tertiary/aromatic N) is 3. The zero-order valence-corrected chi connectivity index (χ0v) is 11.0. The van der Waals surface area contributed by atoms with Gasteiger partial charge in [0.05, 0.1) is 12.0 Å². The highest BCUT2D eigenvalue weighted by Crippen LogP contribution is 2.12. The van der Waals surface area contributed by atoms with Crippen LogP contribution in [0, 0.1) is 0 Å². The lowest BCUT2D eigenvalue weighted by Crippen LogP contribution is -2.19. The number of imidazole rings is 1. The summed E-state index contributed by atoms with van der Waals surface area (Å²) >= 11 is 0. The molecule has 0 spiro atoms. The Morgan fingerprint density at radius 3 is 2.88 bits per heavy atom. The molecule has 1 heterocycles. The third-order valence-electron chi connectivity index (χ3n) is 2.81. The molecule has 0 bridgehead atoms. The average molecular weight is 233 g/mol. The van der Waals surface area contributed by atoms with Crippen LogP contribution in [0.25, 0.3) is 0 Å². The highest BCUT2D eigenvalue weighted by molar-refractivity contribution is 5.02. The van der Waals surface area contributed by atoms with Gasteiger partial charge >= 0.3 is 0 Å². The Kier molecular flexibility index (Phi) is 5.53. The number of unbranched alkanes of at least 4 members (excludes halogenated alkanes) is 1. The van der Waals surface area contributed by atoms with Gasteiger partial charge in [0.25, 0.3) is 0 Å². The number of allylic oxidation sites excluding steroid dienone is 1. The van der Waals surface area contributed by atoms with E-state index >= 15 is 0 Å². The minimum absolute atomic E-state index is 0.906. The molecule has 1 aromatic heterocycles. The van der Waals surface area contributed by atoms with Crippen molar-refractivity contribution < 1.29 is 0 Å². The summed E-state index contributed by atoms with van der Waals surface area (Å²) in [6.45, 7) is 11.1. The summed E-state index contributed by atoms with van der Waals surface area (Å²) in [5.74, 6) is 0. The molecule has 0 N–H and O–H groups in total. The lowest BCUT2D eigenvalue weighted by Gasteiger charge is -2.22. The van der Waals surface area contributed by atoms with Crippen molar-refractivity contribution >= 4 is 0 Å². The molecule has 0 saturated carbocycles. The van der Waals surface area contributed by atoms with Crippen LogP contribution in [0.2, 0.25) is 0 Å². The molecule has 0 saturated heterocycles. The van der Waals surface area contributed by atoms with E-state index in [1.807, 2.05) is 24.1 Å². The van der Waals surface area contributed by atoms with Gasteiger partial charge in [0, 0.05) is 31.9 Å². The minimum atomic E-state index is 0.906. The predicted octanol–water partition coefficient (Wildman–Crippen LogP) is 3.11. The highest BCUT2D eigenvalue weighted by Gasteiger charge is 2.05. The second kappa shape index (κ2) is 6.94. The molecule has 3 heteroatoms. The molecule has 0 fully saturated rings. The Labute approximate surface area is 104 Å². The molecule has 0 aliphatic heterocycles. The van der Waals surface area contributed by atoms with Crippen molar-refractivity contribution in [1.29, 1.82) is 0 Å². The molecule has 0 aliphatic carbocycles. The largest absolute Gasteiger partial charge is 0.352 e. The van der Waals surface area contributed by atoms with Crippen LogP contribution >= 0.6 is 0 Å². The summed E-state index contributed by atoms with van der Waals surface area (Å²) in [7, 11) is 1.99. The second-order valence-electron chi connectivity index (χ2n) is 4.33. The fourth-order valence-corrected chi connectivity index (χ4v) is 1.73. The first-order valence-corrected chi connectivity index (χ1v) is 6.21. The van der Waals surface area contributed by atoms with Gasteiger partial charge in [0.1, 0.15) is 0 Å². The van der Waals surface area contributed by atoms with Crippen LogP contribution in [0.1, 0.15) is 31.9 Å². The van der Waals surface area contributed by atoms with Crippen LogP contribution in [0.5, 0.6) is 0 Å². The van der Waals surface area contributed by atoms with E-state index in [2.05, 4.69) is 36.2 Å². The van der Waals surface area contributed by atoms with Crippen molar-refractivity contribution in [2.24, 2.45) is 7.05 Å². The third-order valence-corrected chi connectivity index (χ3v) is 2.81. The summed E-state index contributed by atoms with van der Waals surface area (Å²) < 4.78 is 1.97. The first-order chi connectivity index (χ1) is 8.17. The molecule has 1 rings (SSSR count). The Morgan fingerprint density at radius 2 is 2.35 bits per heavy atom. The van der Waals surface area contributed by atoms with E-state index in [9.17, 15) is 0 Å². The van der Waals surface area contributed by atoms with E-state index in [0.717, 1.165) is 30.8 Å². The summed E-state index contributed by atoms with van der Waals surface area (Å²) in [4.78, 5) is 6.45. The Hall–Kier alpha value is -1.51. The van der Waals surface area contributed by atoms with Crippen LogP contribution < -0.4 is 0 Å². The number of rotatable bonds is 8. The van der Waals surface area contributed by atoms with E-state index in [1.54, 1.807) is 0 Å². The lowest BCUT2D eigenvalue weighted by molar-refractivity contribution is 0.445. The minimum Gasteiger partial charge on any atom is -0.352 e. The van der Waals surface area contributed by atoms with E-state index in [4.69, 9.17) is 0 Å². The molecule has 0 unspecified atom stereocenters. The van der Waals surface area contributed by atoms with Crippen molar-refractivity contribution in [3.63, 3.8) is 0 Å². The fourth-order valence-electron chi connectivity index (χ4n) is 1.73. The van der Waals surface area contributed by atoms with E-state index in [0.29, 0.717) is 0 Å². The zero-order chi connectivity index (χ0) is 12.7. The summed E-state index contributed by atoms with van der Waals surface area (Å²) in [5.41, 5.74) is 2.26. The van der Waals surface area contributed by atoms with Gasteiger partial charge in [-0.2, -0.15) is 0 Å². The Bertz CT molecular complexity index is 365. The maximum Gasteiger partial charge on any atom is 0.0946 e. The van der Waals surface area contributed by atoms with Crippen LogP contribution in [-0.2, 0) is 13.5 Å². The number of aryl methyl sites for hydroxylation is 1. The van der Waals surface area contributed by atoms with Crippen LogP contribution in [0.4, 0.5) is 0 Å². The van der Waals surface area contributed by atoms with Crippen molar-refractivity contribution in [1.82, 2.24) is 14.5 Å². The lowest BCUT2D eigenvalue weighted by atomic mass is 10.2. The van der Waals surface area contributed by atoms with Gasteiger partial charge in [0.15, 0.2) is 0 Å². The average Bonchev–Trinajstić information content (AvgIpc) is 2.73. The molecule has 0 radical (unpaired) electrons. The zero-order valence-electron chi connectivity index (χ0n) is 11.0. The van der Waals surface area contributed by atoms with Gasteiger partial charge in [-0.3, -0.25) is 0 Å². The molecule has 17 heavy (non-hydrogen) atoms. The quantitative estimate of drug-likeness (QED) is 0.688. The molecule has 0 aromatic carbocycles. The maximum atomic E-state index is 4.32. The van der Waals surface area contributed by atoms with Crippen molar-refractivity contribution in [3.05, 3.63) is 43.3 Å². The van der Waals surface area contributed by atoms with Gasteiger partial charge in [-0.05, 0) is 19.0 Å². The SMILES string of the molecule is C=CN(CCc1cn(C)cn1)C(=C)CCCC. The molecule has 1 aromatic rings. The van der Waals surface area contributed by atoms with Gasteiger partial charge in [-0.15, -0.1) is 0 Å². The molecule has 0 atom stereocenters.